The van der Waals surface area contributed by atoms with E-state index >= 15 is 0 Å². The van der Waals surface area contributed by atoms with Gasteiger partial charge in [0.1, 0.15) is 5.82 Å². The fourth-order valence-corrected chi connectivity index (χ4v) is 3.63. The molecule has 0 radical (unpaired) electrons. The van der Waals surface area contributed by atoms with Crippen LogP contribution in [0.2, 0.25) is 0 Å². The summed E-state index contributed by atoms with van der Waals surface area (Å²) in [5.74, 6) is 1.55. The third-order valence-corrected chi connectivity index (χ3v) is 5.21. The van der Waals surface area contributed by atoms with Gasteiger partial charge < -0.3 is 10.2 Å². The summed E-state index contributed by atoms with van der Waals surface area (Å²) < 4.78 is 0. The van der Waals surface area contributed by atoms with Crippen molar-refractivity contribution in [3.63, 3.8) is 0 Å². The molecule has 1 fully saturated rings. The van der Waals surface area contributed by atoms with Crippen molar-refractivity contribution in [2.45, 2.75) is 32.6 Å². The molecule has 5 heteroatoms. The zero-order valence-electron chi connectivity index (χ0n) is 16.8. The first kappa shape index (κ1) is 19.1. The topological polar surface area (TPSA) is 58.1 Å². The molecule has 2 heterocycles. The third-order valence-electron chi connectivity index (χ3n) is 5.21. The minimum Gasteiger partial charge on any atom is -0.341 e. The molecule has 0 amide bonds. The quantitative estimate of drug-likeness (QED) is 0.589. The number of aromatic nitrogens is 2. The third kappa shape index (κ3) is 4.80. The molecule has 0 bridgehead atoms. The number of carbonyl (C=O) groups excluding carboxylic acids is 1. The van der Waals surface area contributed by atoms with Crippen LogP contribution in [0, 0.1) is 0 Å². The summed E-state index contributed by atoms with van der Waals surface area (Å²) in [5, 5.41) is 3.37. The van der Waals surface area contributed by atoms with Crippen molar-refractivity contribution in [3.8, 4) is 11.3 Å². The molecule has 0 spiro atoms. The van der Waals surface area contributed by atoms with Crippen molar-refractivity contribution in [1.29, 1.82) is 0 Å². The van der Waals surface area contributed by atoms with E-state index in [1.54, 1.807) is 6.92 Å². The highest BCUT2D eigenvalue weighted by Gasteiger charge is 2.15. The maximum absolute atomic E-state index is 11.7. The van der Waals surface area contributed by atoms with Crippen LogP contribution in [0.3, 0.4) is 0 Å². The lowest BCUT2D eigenvalue weighted by Crippen LogP contribution is -2.26. The lowest BCUT2D eigenvalue weighted by Gasteiger charge is -2.22. The van der Waals surface area contributed by atoms with Crippen LogP contribution in [0.4, 0.5) is 17.5 Å². The van der Waals surface area contributed by atoms with Crippen molar-refractivity contribution in [3.05, 3.63) is 66.2 Å². The van der Waals surface area contributed by atoms with Gasteiger partial charge in [-0.2, -0.15) is 4.98 Å². The molecule has 3 aromatic rings. The van der Waals surface area contributed by atoms with E-state index in [2.05, 4.69) is 22.3 Å². The Labute approximate surface area is 171 Å². The molecule has 2 aromatic carbocycles. The number of carbonyl (C=O) groups is 1. The van der Waals surface area contributed by atoms with E-state index in [-0.39, 0.29) is 5.78 Å². The molecule has 0 saturated carbocycles. The Balaban J connectivity index is 1.71. The number of nitrogens with one attached hydrogen (secondary N) is 1. The summed E-state index contributed by atoms with van der Waals surface area (Å²) in [6.45, 7) is 3.55. The first-order valence-corrected chi connectivity index (χ1v) is 10.3. The molecular formula is C24H26N4O. The zero-order chi connectivity index (χ0) is 20.1. The molecular weight excluding hydrogens is 360 g/mol. The molecule has 29 heavy (non-hydrogen) atoms. The predicted molar refractivity (Wildman–Crippen MR) is 118 cm³/mol. The SMILES string of the molecule is CC(=O)c1cccc(Nc2cc(-c3ccccc3)nc(N3CCCCCC3)n2)c1. The Kier molecular flexibility index (Phi) is 5.84. The number of benzene rings is 2. The fraction of sp³-hybridized carbons (Fsp3) is 0.292. The Hall–Kier alpha value is -3.21. The normalized spacial score (nSPS) is 14.3. The minimum absolute atomic E-state index is 0.0477. The van der Waals surface area contributed by atoms with Gasteiger partial charge in [-0.15, -0.1) is 0 Å². The summed E-state index contributed by atoms with van der Waals surface area (Å²) >= 11 is 0. The number of anilines is 3. The smallest absolute Gasteiger partial charge is 0.227 e. The van der Waals surface area contributed by atoms with E-state index in [1.807, 2.05) is 48.5 Å². The Bertz CT molecular complexity index is 979. The lowest BCUT2D eigenvalue weighted by atomic mass is 10.1. The van der Waals surface area contributed by atoms with Crippen molar-refractivity contribution in [2.24, 2.45) is 0 Å². The van der Waals surface area contributed by atoms with Crippen LogP contribution in [0.15, 0.2) is 60.7 Å². The van der Waals surface area contributed by atoms with Crippen molar-refractivity contribution >= 4 is 23.2 Å². The molecule has 1 saturated heterocycles. The first-order valence-electron chi connectivity index (χ1n) is 10.3. The molecule has 1 aliphatic rings. The molecule has 1 N–H and O–H groups in total. The van der Waals surface area contributed by atoms with E-state index in [0.717, 1.165) is 41.8 Å². The summed E-state index contributed by atoms with van der Waals surface area (Å²) in [6.07, 6.45) is 4.86. The largest absolute Gasteiger partial charge is 0.341 e. The van der Waals surface area contributed by atoms with Crippen LogP contribution in [0.1, 0.15) is 43.0 Å². The van der Waals surface area contributed by atoms with Crippen LogP contribution in [-0.4, -0.2) is 28.8 Å². The van der Waals surface area contributed by atoms with Gasteiger partial charge in [0, 0.05) is 36.0 Å². The van der Waals surface area contributed by atoms with Gasteiger partial charge in [0.2, 0.25) is 5.95 Å². The molecule has 0 aliphatic carbocycles. The lowest BCUT2D eigenvalue weighted by molar-refractivity contribution is 0.101. The van der Waals surface area contributed by atoms with Crippen molar-refractivity contribution in [2.75, 3.05) is 23.3 Å². The van der Waals surface area contributed by atoms with Gasteiger partial charge in [-0.1, -0.05) is 55.3 Å². The van der Waals surface area contributed by atoms with E-state index in [1.165, 1.54) is 25.7 Å². The van der Waals surface area contributed by atoms with Crippen LogP contribution in [0.5, 0.6) is 0 Å². The first-order chi connectivity index (χ1) is 14.2. The number of hydrogen-bond donors (Lipinski definition) is 1. The molecule has 5 nitrogen and oxygen atoms in total. The maximum Gasteiger partial charge on any atom is 0.227 e. The molecule has 0 unspecified atom stereocenters. The standard InChI is InChI=1S/C24H26N4O/c1-18(29)20-12-9-13-21(16-20)25-23-17-22(19-10-5-4-6-11-19)26-24(27-23)28-14-7-2-3-8-15-28/h4-6,9-13,16-17H,2-3,7-8,14-15H2,1H3,(H,25,26,27). The predicted octanol–water partition coefficient (Wildman–Crippen LogP) is 5.47. The minimum atomic E-state index is 0.0477. The van der Waals surface area contributed by atoms with E-state index in [0.29, 0.717) is 5.56 Å². The molecule has 148 valence electrons. The number of rotatable bonds is 5. The zero-order valence-corrected chi connectivity index (χ0v) is 16.8. The second-order valence-corrected chi connectivity index (χ2v) is 7.47. The number of ketones is 1. The van der Waals surface area contributed by atoms with E-state index in [9.17, 15) is 4.79 Å². The van der Waals surface area contributed by atoms with E-state index < -0.39 is 0 Å². The van der Waals surface area contributed by atoms with Crippen molar-refractivity contribution in [1.82, 2.24) is 9.97 Å². The van der Waals surface area contributed by atoms with E-state index in [4.69, 9.17) is 9.97 Å². The average molecular weight is 386 g/mol. The summed E-state index contributed by atoms with van der Waals surface area (Å²) in [7, 11) is 0. The van der Waals surface area contributed by atoms with Gasteiger partial charge in [-0.25, -0.2) is 4.98 Å². The average Bonchev–Trinajstić information content (AvgIpc) is 3.04. The van der Waals surface area contributed by atoms with Crippen LogP contribution >= 0.6 is 0 Å². The monoisotopic (exact) mass is 386 g/mol. The van der Waals surface area contributed by atoms with Gasteiger partial charge in [0.15, 0.2) is 5.78 Å². The second kappa shape index (κ2) is 8.86. The summed E-state index contributed by atoms with van der Waals surface area (Å²) in [6, 6.07) is 19.7. The number of hydrogen-bond acceptors (Lipinski definition) is 5. The summed E-state index contributed by atoms with van der Waals surface area (Å²) in [5.41, 5.74) is 3.48. The van der Waals surface area contributed by atoms with Gasteiger partial charge in [-0.3, -0.25) is 4.79 Å². The highest BCUT2D eigenvalue weighted by molar-refractivity contribution is 5.95. The Morgan fingerprint density at radius 3 is 2.38 bits per heavy atom. The van der Waals surface area contributed by atoms with Crippen molar-refractivity contribution < 1.29 is 4.79 Å². The number of nitrogens with zero attached hydrogens (tertiary/aromatic N) is 3. The second-order valence-electron chi connectivity index (χ2n) is 7.47. The van der Waals surface area contributed by atoms with Gasteiger partial charge in [0.25, 0.3) is 0 Å². The molecule has 4 rings (SSSR count). The van der Waals surface area contributed by atoms with Gasteiger partial charge >= 0.3 is 0 Å². The van der Waals surface area contributed by atoms with Gasteiger partial charge in [-0.05, 0) is 31.9 Å². The van der Waals surface area contributed by atoms with Crippen LogP contribution in [0.25, 0.3) is 11.3 Å². The summed E-state index contributed by atoms with van der Waals surface area (Å²) in [4.78, 5) is 23.7. The number of Topliss-reactive ketones (excluding diaryl/α,β-unsaturated/α-hetero) is 1. The van der Waals surface area contributed by atoms with Crippen LogP contribution in [-0.2, 0) is 0 Å². The van der Waals surface area contributed by atoms with Crippen LogP contribution < -0.4 is 10.2 Å². The molecule has 1 aromatic heterocycles. The Morgan fingerprint density at radius 1 is 0.897 bits per heavy atom. The maximum atomic E-state index is 11.7. The Morgan fingerprint density at radius 2 is 1.66 bits per heavy atom. The fourth-order valence-electron chi connectivity index (χ4n) is 3.63. The molecule has 0 atom stereocenters. The van der Waals surface area contributed by atoms with Gasteiger partial charge in [0.05, 0.1) is 5.69 Å². The highest BCUT2D eigenvalue weighted by Crippen LogP contribution is 2.26. The molecule has 1 aliphatic heterocycles. The highest BCUT2D eigenvalue weighted by atomic mass is 16.1.